The van der Waals surface area contributed by atoms with Gasteiger partial charge in [-0.3, -0.25) is 0 Å². The smallest absolute Gasteiger partial charge is 0.242 e. The lowest BCUT2D eigenvalue weighted by atomic mass is 10.3. The van der Waals surface area contributed by atoms with Gasteiger partial charge in [0.15, 0.2) is 5.82 Å². The fourth-order valence-corrected chi connectivity index (χ4v) is 1.63. The molecule has 0 saturated carbocycles. The van der Waals surface area contributed by atoms with Gasteiger partial charge < -0.3 is 20.5 Å². The van der Waals surface area contributed by atoms with Gasteiger partial charge in [0.25, 0.3) is 0 Å². The molecule has 1 heterocycles. The molecule has 6 heteroatoms. The number of anilines is 2. The molecular formula is C12H22N4O2. The zero-order valence-electron chi connectivity index (χ0n) is 11.3. The van der Waals surface area contributed by atoms with Crippen molar-refractivity contribution < 1.29 is 9.84 Å². The summed E-state index contributed by atoms with van der Waals surface area (Å²) in [5.74, 6) is 1.02. The molecule has 18 heavy (non-hydrogen) atoms. The number of nitrogens with two attached hydrogens (primary N) is 1. The Morgan fingerprint density at radius 2 is 2.17 bits per heavy atom. The van der Waals surface area contributed by atoms with Crippen molar-refractivity contribution in [2.45, 2.75) is 33.2 Å². The first kappa shape index (κ1) is 14.5. The first-order valence-corrected chi connectivity index (χ1v) is 6.22. The van der Waals surface area contributed by atoms with Crippen molar-refractivity contribution in [2.75, 3.05) is 30.4 Å². The predicted molar refractivity (Wildman–Crippen MR) is 71.8 cm³/mol. The molecule has 102 valence electrons. The van der Waals surface area contributed by atoms with E-state index in [4.69, 9.17) is 15.6 Å². The molecule has 0 unspecified atom stereocenters. The highest BCUT2D eigenvalue weighted by Crippen LogP contribution is 2.28. The van der Waals surface area contributed by atoms with E-state index in [0.29, 0.717) is 30.5 Å². The maximum atomic E-state index is 9.09. The number of hydrogen-bond acceptors (Lipinski definition) is 6. The van der Waals surface area contributed by atoms with E-state index >= 15 is 0 Å². The number of aliphatic hydroxyl groups excluding tert-OH is 1. The molecule has 0 radical (unpaired) electrons. The van der Waals surface area contributed by atoms with Crippen molar-refractivity contribution in [3.8, 4) is 5.88 Å². The van der Waals surface area contributed by atoms with Crippen molar-refractivity contribution in [1.82, 2.24) is 9.97 Å². The lowest BCUT2D eigenvalue weighted by molar-refractivity contribution is 0.297. The number of hydrogen-bond donors (Lipinski definition) is 2. The highest BCUT2D eigenvalue weighted by Gasteiger charge is 2.17. The van der Waals surface area contributed by atoms with Crippen LogP contribution in [0.25, 0.3) is 0 Å². The number of aliphatic hydroxyl groups is 1. The zero-order valence-corrected chi connectivity index (χ0v) is 11.3. The number of nitrogens with zero attached hydrogens (tertiary/aromatic N) is 3. The van der Waals surface area contributed by atoms with Crippen molar-refractivity contribution in [3.63, 3.8) is 0 Å². The van der Waals surface area contributed by atoms with Gasteiger partial charge in [0.2, 0.25) is 5.88 Å². The van der Waals surface area contributed by atoms with Crippen LogP contribution in [0.4, 0.5) is 11.5 Å². The van der Waals surface area contributed by atoms with Gasteiger partial charge in [-0.25, -0.2) is 4.98 Å². The molecule has 0 aliphatic rings. The zero-order chi connectivity index (χ0) is 13.5. The normalized spacial score (nSPS) is 10.7. The summed E-state index contributed by atoms with van der Waals surface area (Å²) in [5, 5.41) is 9.09. The van der Waals surface area contributed by atoms with Crippen molar-refractivity contribution >= 4 is 11.5 Å². The van der Waals surface area contributed by atoms with Gasteiger partial charge in [-0.15, -0.1) is 0 Å². The standard InChI is InChI=1S/C12H22N4O2/c1-4-7-18-12-10(13)11(14-8-15-12)16(5-6-17)9(2)3/h8-9,17H,4-7,13H2,1-3H3. The second kappa shape index (κ2) is 7.00. The monoisotopic (exact) mass is 254 g/mol. The van der Waals surface area contributed by atoms with Gasteiger partial charge >= 0.3 is 0 Å². The maximum absolute atomic E-state index is 9.09. The van der Waals surface area contributed by atoms with Crippen molar-refractivity contribution in [2.24, 2.45) is 0 Å². The van der Waals surface area contributed by atoms with Gasteiger partial charge in [-0.1, -0.05) is 6.92 Å². The molecule has 0 aromatic carbocycles. The molecule has 0 fully saturated rings. The number of ether oxygens (including phenoxy) is 1. The largest absolute Gasteiger partial charge is 0.476 e. The quantitative estimate of drug-likeness (QED) is 0.756. The molecule has 1 aromatic heterocycles. The van der Waals surface area contributed by atoms with Crippen LogP contribution in [0.2, 0.25) is 0 Å². The number of aromatic nitrogens is 2. The van der Waals surface area contributed by atoms with E-state index in [-0.39, 0.29) is 12.6 Å². The molecule has 0 aliphatic heterocycles. The van der Waals surface area contributed by atoms with Crippen molar-refractivity contribution in [1.29, 1.82) is 0 Å². The van der Waals surface area contributed by atoms with Crippen LogP contribution in [0.1, 0.15) is 27.2 Å². The van der Waals surface area contributed by atoms with Crippen LogP contribution in [0.15, 0.2) is 6.33 Å². The van der Waals surface area contributed by atoms with E-state index in [1.165, 1.54) is 6.33 Å². The summed E-state index contributed by atoms with van der Waals surface area (Å²) in [6.45, 7) is 7.15. The molecular weight excluding hydrogens is 232 g/mol. The van der Waals surface area contributed by atoms with Crippen LogP contribution >= 0.6 is 0 Å². The Morgan fingerprint density at radius 3 is 2.72 bits per heavy atom. The molecule has 0 amide bonds. The average molecular weight is 254 g/mol. The van der Waals surface area contributed by atoms with Crippen LogP contribution in [0.5, 0.6) is 5.88 Å². The Labute approximate surface area is 108 Å². The average Bonchev–Trinajstić information content (AvgIpc) is 2.35. The minimum absolute atomic E-state index is 0.0484. The van der Waals surface area contributed by atoms with Crippen LogP contribution in [-0.2, 0) is 0 Å². The van der Waals surface area contributed by atoms with E-state index in [1.54, 1.807) is 0 Å². The number of nitrogen functional groups attached to an aromatic ring is 1. The van der Waals surface area contributed by atoms with Gasteiger partial charge in [0.05, 0.1) is 13.2 Å². The Hall–Kier alpha value is -1.56. The van der Waals surface area contributed by atoms with Crippen LogP contribution in [0.3, 0.4) is 0 Å². The van der Waals surface area contributed by atoms with Gasteiger partial charge in [0, 0.05) is 12.6 Å². The molecule has 3 N–H and O–H groups in total. The lowest BCUT2D eigenvalue weighted by Gasteiger charge is -2.28. The van der Waals surface area contributed by atoms with Gasteiger partial charge in [0.1, 0.15) is 12.0 Å². The Morgan fingerprint density at radius 1 is 1.44 bits per heavy atom. The van der Waals surface area contributed by atoms with E-state index in [2.05, 4.69) is 9.97 Å². The molecule has 0 spiro atoms. The van der Waals surface area contributed by atoms with Gasteiger partial charge in [-0.2, -0.15) is 4.98 Å². The summed E-state index contributed by atoms with van der Waals surface area (Å²) in [5.41, 5.74) is 6.44. The molecule has 0 saturated heterocycles. The maximum Gasteiger partial charge on any atom is 0.242 e. The Balaban J connectivity index is 2.99. The minimum atomic E-state index is 0.0484. The van der Waals surface area contributed by atoms with E-state index in [1.807, 2.05) is 25.7 Å². The van der Waals surface area contributed by atoms with Gasteiger partial charge in [-0.05, 0) is 20.3 Å². The fourth-order valence-electron chi connectivity index (χ4n) is 1.63. The molecule has 1 aromatic rings. The lowest BCUT2D eigenvalue weighted by Crippen LogP contribution is -2.34. The van der Waals surface area contributed by atoms with Crippen molar-refractivity contribution in [3.05, 3.63) is 6.33 Å². The summed E-state index contributed by atoms with van der Waals surface area (Å²) in [4.78, 5) is 10.1. The summed E-state index contributed by atoms with van der Waals surface area (Å²) >= 11 is 0. The molecule has 0 bridgehead atoms. The fraction of sp³-hybridized carbons (Fsp3) is 0.667. The minimum Gasteiger partial charge on any atom is -0.476 e. The summed E-state index contributed by atoms with van der Waals surface area (Å²) in [6, 6.07) is 0.188. The molecule has 6 nitrogen and oxygen atoms in total. The SMILES string of the molecule is CCCOc1ncnc(N(CCO)C(C)C)c1N. The highest BCUT2D eigenvalue weighted by molar-refractivity contribution is 5.68. The van der Waals surface area contributed by atoms with Crippen LogP contribution in [-0.4, -0.2) is 40.9 Å². The Bertz CT molecular complexity index is 371. The van der Waals surface area contributed by atoms with Crippen LogP contribution < -0.4 is 15.4 Å². The van der Waals surface area contributed by atoms with Crippen LogP contribution in [0, 0.1) is 0 Å². The van der Waals surface area contributed by atoms with E-state index in [9.17, 15) is 0 Å². The highest BCUT2D eigenvalue weighted by atomic mass is 16.5. The second-order valence-electron chi connectivity index (χ2n) is 4.28. The topological polar surface area (TPSA) is 84.5 Å². The second-order valence-corrected chi connectivity index (χ2v) is 4.28. The predicted octanol–water partition coefficient (Wildman–Crippen LogP) is 1.05. The molecule has 1 rings (SSSR count). The molecule has 0 aliphatic carbocycles. The summed E-state index contributed by atoms with van der Waals surface area (Å²) in [7, 11) is 0. The summed E-state index contributed by atoms with van der Waals surface area (Å²) in [6.07, 6.45) is 2.33. The third-order valence-electron chi connectivity index (χ3n) is 2.51. The third kappa shape index (κ3) is 3.46. The third-order valence-corrected chi connectivity index (χ3v) is 2.51. The first-order chi connectivity index (χ1) is 8.61. The Kier molecular flexibility index (Phi) is 5.64. The van der Waals surface area contributed by atoms with E-state index in [0.717, 1.165) is 6.42 Å². The number of rotatable bonds is 7. The van der Waals surface area contributed by atoms with E-state index < -0.39 is 0 Å². The first-order valence-electron chi connectivity index (χ1n) is 6.22. The summed E-state index contributed by atoms with van der Waals surface area (Å²) < 4.78 is 5.47. The molecule has 0 atom stereocenters.